The van der Waals surface area contributed by atoms with Gasteiger partial charge in [-0.15, -0.1) is 21.5 Å². The summed E-state index contributed by atoms with van der Waals surface area (Å²) in [6.45, 7) is 5.23. The van der Waals surface area contributed by atoms with E-state index in [-0.39, 0.29) is 0 Å². The van der Waals surface area contributed by atoms with Crippen molar-refractivity contribution in [1.29, 1.82) is 0 Å². The van der Waals surface area contributed by atoms with Crippen molar-refractivity contribution in [3.8, 4) is 10.7 Å². The fourth-order valence-corrected chi connectivity index (χ4v) is 2.66. The summed E-state index contributed by atoms with van der Waals surface area (Å²) >= 11 is 3.21. The molecule has 86 valence electrons. The van der Waals surface area contributed by atoms with Gasteiger partial charge in [-0.05, 0) is 0 Å². The molecule has 0 saturated carbocycles. The summed E-state index contributed by atoms with van der Waals surface area (Å²) in [6.07, 6.45) is 0.931. The molecule has 0 aliphatic heterocycles. The lowest BCUT2D eigenvalue weighted by Crippen LogP contribution is -2.24. The molecule has 0 aromatic carbocycles. The number of aromatic nitrogens is 3. The van der Waals surface area contributed by atoms with Crippen LogP contribution in [0.1, 0.15) is 18.9 Å². The standard InChI is InChI=1S/C10H14N4S2/c1-7(2)11-4-3-9-13-14-10(16-9)8-5-15-6-12-8/h5-7,11H,3-4H2,1-2H3. The van der Waals surface area contributed by atoms with Gasteiger partial charge in [0.15, 0.2) is 5.01 Å². The molecule has 4 nitrogen and oxygen atoms in total. The van der Waals surface area contributed by atoms with Crippen molar-refractivity contribution in [2.45, 2.75) is 26.3 Å². The molecule has 2 rings (SSSR count). The summed E-state index contributed by atoms with van der Waals surface area (Å²) in [4.78, 5) is 4.22. The number of thiazole rings is 1. The fourth-order valence-electron chi connectivity index (χ4n) is 1.24. The minimum absolute atomic E-state index is 0.519. The molecule has 0 bridgehead atoms. The van der Waals surface area contributed by atoms with Gasteiger partial charge in [0.2, 0.25) is 0 Å². The zero-order valence-corrected chi connectivity index (χ0v) is 10.9. The largest absolute Gasteiger partial charge is 0.314 e. The second-order valence-electron chi connectivity index (χ2n) is 3.73. The van der Waals surface area contributed by atoms with E-state index in [0.717, 1.165) is 28.7 Å². The van der Waals surface area contributed by atoms with Gasteiger partial charge in [-0.1, -0.05) is 25.2 Å². The summed E-state index contributed by atoms with van der Waals surface area (Å²) in [7, 11) is 0. The Hall–Kier alpha value is -0.850. The molecule has 0 saturated heterocycles. The Balaban J connectivity index is 1.93. The highest BCUT2D eigenvalue weighted by molar-refractivity contribution is 7.15. The van der Waals surface area contributed by atoms with Crippen LogP contribution in [0.4, 0.5) is 0 Å². The molecule has 0 unspecified atom stereocenters. The number of nitrogens with one attached hydrogen (secondary N) is 1. The molecule has 0 aliphatic carbocycles. The molecule has 1 N–H and O–H groups in total. The molecule has 0 radical (unpaired) electrons. The van der Waals surface area contributed by atoms with Crippen LogP contribution >= 0.6 is 22.7 Å². The van der Waals surface area contributed by atoms with Crippen molar-refractivity contribution in [3.63, 3.8) is 0 Å². The molecular weight excluding hydrogens is 240 g/mol. The molecule has 0 fully saturated rings. The molecule has 2 aromatic heterocycles. The van der Waals surface area contributed by atoms with E-state index < -0.39 is 0 Å². The highest BCUT2D eigenvalue weighted by Crippen LogP contribution is 2.22. The predicted molar refractivity (Wildman–Crippen MR) is 67.9 cm³/mol. The van der Waals surface area contributed by atoms with Gasteiger partial charge in [0.25, 0.3) is 0 Å². The summed E-state index contributed by atoms with van der Waals surface area (Å²) in [5.41, 5.74) is 2.75. The lowest BCUT2D eigenvalue weighted by atomic mass is 10.3. The van der Waals surface area contributed by atoms with Gasteiger partial charge in [0.1, 0.15) is 10.7 Å². The van der Waals surface area contributed by atoms with Gasteiger partial charge in [-0.2, -0.15) is 0 Å². The van der Waals surface area contributed by atoms with E-state index in [4.69, 9.17) is 0 Å². The van der Waals surface area contributed by atoms with Crippen LogP contribution in [0.2, 0.25) is 0 Å². The van der Waals surface area contributed by atoms with Crippen LogP contribution in [0.5, 0.6) is 0 Å². The zero-order chi connectivity index (χ0) is 11.4. The third kappa shape index (κ3) is 3.07. The van der Waals surface area contributed by atoms with E-state index >= 15 is 0 Å². The summed E-state index contributed by atoms with van der Waals surface area (Å²) in [5, 5.41) is 15.6. The van der Waals surface area contributed by atoms with Gasteiger partial charge < -0.3 is 5.32 Å². The second-order valence-corrected chi connectivity index (χ2v) is 5.51. The van der Waals surface area contributed by atoms with E-state index in [0.29, 0.717) is 6.04 Å². The first kappa shape index (κ1) is 11.6. The normalized spacial score (nSPS) is 11.2. The van der Waals surface area contributed by atoms with Crippen molar-refractivity contribution in [1.82, 2.24) is 20.5 Å². The van der Waals surface area contributed by atoms with Crippen LogP contribution in [-0.4, -0.2) is 27.8 Å². The number of rotatable bonds is 5. The molecule has 0 atom stereocenters. The lowest BCUT2D eigenvalue weighted by molar-refractivity contribution is 0.588. The Kier molecular flexibility index (Phi) is 3.98. The monoisotopic (exact) mass is 254 g/mol. The van der Waals surface area contributed by atoms with Crippen molar-refractivity contribution in [2.75, 3.05) is 6.54 Å². The summed E-state index contributed by atoms with van der Waals surface area (Å²) in [5.74, 6) is 0. The first-order valence-electron chi connectivity index (χ1n) is 5.20. The minimum atomic E-state index is 0.519. The van der Waals surface area contributed by atoms with Gasteiger partial charge in [0, 0.05) is 24.4 Å². The van der Waals surface area contributed by atoms with Crippen LogP contribution in [0.15, 0.2) is 10.9 Å². The predicted octanol–water partition coefficient (Wildman–Crippen LogP) is 2.20. The maximum atomic E-state index is 4.22. The average Bonchev–Trinajstić information content (AvgIpc) is 2.85. The van der Waals surface area contributed by atoms with Crippen LogP contribution < -0.4 is 5.32 Å². The number of nitrogens with zero attached hydrogens (tertiary/aromatic N) is 3. The van der Waals surface area contributed by atoms with Gasteiger partial charge >= 0.3 is 0 Å². The number of hydrogen-bond acceptors (Lipinski definition) is 6. The third-order valence-electron chi connectivity index (χ3n) is 2.01. The maximum Gasteiger partial charge on any atom is 0.167 e. The van der Waals surface area contributed by atoms with Crippen molar-refractivity contribution in [2.24, 2.45) is 0 Å². The van der Waals surface area contributed by atoms with Crippen molar-refractivity contribution < 1.29 is 0 Å². The molecule has 16 heavy (non-hydrogen) atoms. The zero-order valence-electron chi connectivity index (χ0n) is 9.30. The Labute approximate surface area is 103 Å². The van der Waals surface area contributed by atoms with Crippen molar-refractivity contribution >= 4 is 22.7 Å². The first-order chi connectivity index (χ1) is 7.75. The van der Waals surface area contributed by atoms with E-state index in [1.165, 1.54) is 0 Å². The summed E-state index contributed by atoms with van der Waals surface area (Å²) in [6, 6.07) is 0.519. The minimum Gasteiger partial charge on any atom is -0.314 e. The number of hydrogen-bond donors (Lipinski definition) is 1. The van der Waals surface area contributed by atoms with E-state index in [2.05, 4.69) is 34.3 Å². The highest BCUT2D eigenvalue weighted by Gasteiger charge is 2.07. The quantitative estimate of drug-likeness (QED) is 0.888. The Morgan fingerprint density at radius 2 is 2.25 bits per heavy atom. The average molecular weight is 254 g/mol. The van der Waals surface area contributed by atoms with Crippen LogP contribution in [0, 0.1) is 0 Å². The molecular formula is C10H14N4S2. The molecule has 2 aromatic rings. The SMILES string of the molecule is CC(C)NCCc1nnc(-c2cscn2)s1. The van der Waals surface area contributed by atoms with Gasteiger partial charge in [-0.25, -0.2) is 4.98 Å². The maximum absolute atomic E-state index is 4.22. The molecule has 0 spiro atoms. The fraction of sp³-hybridized carbons (Fsp3) is 0.500. The van der Waals surface area contributed by atoms with E-state index in [9.17, 15) is 0 Å². The Morgan fingerprint density at radius 3 is 2.94 bits per heavy atom. The summed E-state index contributed by atoms with van der Waals surface area (Å²) < 4.78 is 0. The Bertz CT molecular complexity index is 422. The van der Waals surface area contributed by atoms with Crippen molar-refractivity contribution in [3.05, 3.63) is 15.9 Å². The smallest absolute Gasteiger partial charge is 0.167 e. The Morgan fingerprint density at radius 1 is 1.38 bits per heavy atom. The molecule has 6 heteroatoms. The molecule has 0 aliphatic rings. The second kappa shape index (κ2) is 5.47. The van der Waals surface area contributed by atoms with Crippen LogP contribution in [0.3, 0.4) is 0 Å². The lowest BCUT2D eigenvalue weighted by Gasteiger charge is -2.04. The van der Waals surface area contributed by atoms with Crippen LogP contribution in [-0.2, 0) is 6.42 Å². The molecule has 0 amide bonds. The van der Waals surface area contributed by atoms with E-state index in [1.54, 1.807) is 22.7 Å². The van der Waals surface area contributed by atoms with Gasteiger partial charge in [-0.3, -0.25) is 0 Å². The van der Waals surface area contributed by atoms with Gasteiger partial charge in [0.05, 0.1) is 5.51 Å². The topological polar surface area (TPSA) is 50.7 Å². The van der Waals surface area contributed by atoms with Crippen LogP contribution in [0.25, 0.3) is 10.7 Å². The van der Waals surface area contributed by atoms with E-state index in [1.807, 2.05) is 10.9 Å². The molecule has 2 heterocycles. The first-order valence-corrected chi connectivity index (χ1v) is 6.96. The third-order valence-corrected chi connectivity index (χ3v) is 3.60. The highest BCUT2D eigenvalue weighted by atomic mass is 32.1.